The molecule has 0 radical (unpaired) electrons. The first kappa shape index (κ1) is 14.2. The van der Waals surface area contributed by atoms with Crippen LogP contribution in [0.25, 0.3) is 9.69 Å². The molecule has 8 heteroatoms. The topological polar surface area (TPSA) is 81.0 Å². The number of hydrogen-bond donors (Lipinski definition) is 3. The molecule has 1 aromatic carbocycles. The fraction of sp³-hybridized carbons (Fsp3) is 0.231. The van der Waals surface area contributed by atoms with Crippen LogP contribution in [-0.4, -0.2) is 25.5 Å². The third-order valence-electron chi connectivity index (χ3n) is 2.75. The lowest BCUT2D eigenvalue weighted by molar-refractivity contribution is 0.475. The molecule has 2 rings (SSSR count). The van der Waals surface area contributed by atoms with Gasteiger partial charge in [-0.25, -0.2) is 0 Å². The van der Waals surface area contributed by atoms with E-state index in [9.17, 15) is 5.11 Å². The van der Waals surface area contributed by atoms with Gasteiger partial charge >= 0.3 is 6.29 Å². The maximum absolute atomic E-state index is 9.88. The number of aromatic hydroxyl groups is 1. The first-order valence-corrected chi connectivity index (χ1v) is 5.98. The Kier molecular flexibility index (Phi) is 3.91. The van der Waals surface area contributed by atoms with Gasteiger partial charge in [-0.3, -0.25) is 10.6 Å². The van der Waals surface area contributed by atoms with E-state index >= 15 is 0 Å². The van der Waals surface area contributed by atoms with E-state index in [0.717, 1.165) is 5.69 Å². The van der Waals surface area contributed by atoms with Crippen LogP contribution in [0.5, 0.6) is 5.75 Å². The molecule has 21 heavy (non-hydrogen) atoms. The number of nitrogens with one attached hydrogen (secondary N) is 2. The summed E-state index contributed by atoms with van der Waals surface area (Å²) < 4.78 is 0. The molecular weight excluding hydrogens is 270 g/mol. The third-order valence-corrected chi connectivity index (χ3v) is 2.75. The number of rotatable bonds is 3. The van der Waals surface area contributed by atoms with Crippen molar-refractivity contribution < 1.29 is 5.11 Å². The van der Waals surface area contributed by atoms with E-state index in [1.54, 1.807) is 18.2 Å². The van der Waals surface area contributed by atoms with Crippen molar-refractivity contribution in [1.29, 1.82) is 0 Å². The molecule has 0 aromatic heterocycles. The predicted molar refractivity (Wildman–Crippen MR) is 77.2 cm³/mol. The molecule has 0 amide bonds. The minimum absolute atomic E-state index is 0.00621. The molecule has 0 saturated heterocycles. The SMILES string of the molecule is [C-]#[N+]C1=C([N+]#[C-])NC(N=Nc2ccc(N(C)C)cc2O)N1. The Hall–Kier alpha value is -3.26. The summed E-state index contributed by atoms with van der Waals surface area (Å²) in [5.74, 6) is 0.231. The van der Waals surface area contributed by atoms with Crippen molar-refractivity contribution in [3.8, 4) is 5.75 Å². The Bertz CT molecular complexity index is 667. The smallest absolute Gasteiger partial charge is 0.317 e. The van der Waals surface area contributed by atoms with Crippen molar-refractivity contribution in [3.05, 3.63) is 52.7 Å². The number of anilines is 1. The molecule has 0 saturated carbocycles. The molecule has 1 aliphatic heterocycles. The minimum atomic E-state index is -0.689. The highest BCUT2D eigenvalue weighted by molar-refractivity contribution is 5.60. The Labute approximate surface area is 122 Å². The van der Waals surface area contributed by atoms with Crippen LogP contribution < -0.4 is 15.5 Å². The molecule has 0 fully saturated rings. The maximum Gasteiger partial charge on any atom is 0.317 e. The van der Waals surface area contributed by atoms with Crippen LogP contribution in [0.2, 0.25) is 0 Å². The highest BCUT2D eigenvalue weighted by Gasteiger charge is 2.25. The zero-order valence-electron chi connectivity index (χ0n) is 11.5. The van der Waals surface area contributed by atoms with E-state index in [-0.39, 0.29) is 17.4 Å². The Balaban J connectivity index is 2.11. The van der Waals surface area contributed by atoms with Gasteiger partial charge in [0.15, 0.2) is 0 Å². The number of benzene rings is 1. The first-order chi connectivity index (χ1) is 10.0. The van der Waals surface area contributed by atoms with Crippen LogP contribution in [-0.2, 0) is 0 Å². The van der Waals surface area contributed by atoms with Gasteiger partial charge in [-0.1, -0.05) is 18.3 Å². The van der Waals surface area contributed by atoms with Crippen LogP contribution in [0.15, 0.2) is 40.1 Å². The molecule has 0 bridgehead atoms. The molecule has 8 nitrogen and oxygen atoms in total. The van der Waals surface area contributed by atoms with E-state index in [1.165, 1.54) is 0 Å². The first-order valence-electron chi connectivity index (χ1n) is 5.98. The van der Waals surface area contributed by atoms with E-state index in [0.29, 0.717) is 5.69 Å². The fourth-order valence-corrected chi connectivity index (χ4v) is 1.65. The van der Waals surface area contributed by atoms with E-state index in [4.69, 9.17) is 13.1 Å². The quantitative estimate of drug-likeness (QED) is 0.585. The molecule has 0 atom stereocenters. The Morgan fingerprint density at radius 1 is 1.19 bits per heavy atom. The standard InChI is InChI=1S/C13H13N7O/c1-14-11-12(15-2)17-13(16-11)19-18-9-6-5-8(20(3)4)7-10(9)21/h5-7,13,16-17,21H,3-4H3. The number of phenols is 1. The summed E-state index contributed by atoms with van der Waals surface area (Å²) in [6, 6.07) is 5.02. The highest BCUT2D eigenvalue weighted by Crippen LogP contribution is 2.30. The molecule has 0 aliphatic carbocycles. The number of phenolic OH excluding ortho intramolecular Hbond substituents is 1. The largest absolute Gasteiger partial charge is 0.506 e. The van der Waals surface area contributed by atoms with Gasteiger partial charge in [0.1, 0.15) is 11.4 Å². The van der Waals surface area contributed by atoms with Gasteiger partial charge in [-0.05, 0) is 12.1 Å². The highest BCUT2D eigenvalue weighted by atomic mass is 16.3. The average molecular weight is 283 g/mol. The number of azo groups is 1. The summed E-state index contributed by atoms with van der Waals surface area (Å²) in [5.41, 5.74) is 1.15. The van der Waals surface area contributed by atoms with Crippen LogP contribution in [0.4, 0.5) is 11.4 Å². The van der Waals surface area contributed by atoms with Crippen LogP contribution in [0.1, 0.15) is 0 Å². The van der Waals surface area contributed by atoms with Crippen LogP contribution in [0, 0.1) is 13.1 Å². The van der Waals surface area contributed by atoms with Gasteiger partial charge in [0, 0.05) is 25.8 Å². The fourth-order valence-electron chi connectivity index (χ4n) is 1.65. The van der Waals surface area contributed by atoms with Gasteiger partial charge in [-0.15, -0.1) is 5.11 Å². The lowest BCUT2D eigenvalue weighted by Gasteiger charge is -2.12. The van der Waals surface area contributed by atoms with Gasteiger partial charge in [0.05, 0.1) is 0 Å². The van der Waals surface area contributed by atoms with Gasteiger partial charge in [0.2, 0.25) is 11.6 Å². The van der Waals surface area contributed by atoms with Crippen molar-refractivity contribution in [1.82, 2.24) is 10.6 Å². The van der Waals surface area contributed by atoms with Crippen molar-refractivity contribution >= 4 is 11.4 Å². The van der Waals surface area contributed by atoms with Gasteiger partial charge in [0.25, 0.3) is 0 Å². The number of hydrogen-bond acceptors (Lipinski definition) is 6. The molecule has 0 spiro atoms. The van der Waals surface area contributed by atoms with Crippen LogP contribution in [0.3, 0.4) is 0 Å². The summed E-state index contributed by atoms with van der Waals surface area (Å²) in [5, 5.41) is 23.2. The lowest BCUT2D eigenvalue weighted by atomic mass is 10.2. The number of nitrogens with zero attached hydrogens (tertiary/aromatic N) is 5. The van der Waals surface area contributed by atoms with Crippen LogP contribution >= 0.6 is 0 Å². The zero-order chi connectivity index (χ0) is 15.4. The Morgan fingerprint density at radius 3 is 2.29 bits per heavy atom. The van der Waals surface area contributed by atoms with Crippen molar-refractivity contribution in [2.75, 3.05) is 19.0 Å². The summed E-state index contributed by atoms with van der Waals surface area (Å²) in [4.78, 5) is 8.21. The van der Waals surface area contributed by atoms with E-state index < -0.39 is 6.29 Å². The molecular formula is C13H13N7O. The van der Waals surface area contributed by atoms with Crippen molar-refractivity contribution in [2.24, 2.45) is 10.2 Å². The second-order valence-corrected chi connectivity index (χ2v) is 4.39. The second kappa shape index (κ2) is 5.80. The van der Waals surface area contributed by atoms with E-state index in [1.807, 2.05) is 19.0 Å². The minimum Gasteiger partial charge on any atom is -0.506 e. The summed E-state index contributed by atoms with van der Waals surface area (Å²) in [6.45, 7) is 13.8. The third kappa shape index (κ3) is 3.01. The van der Waals surface area contributed by atoms with Crippen molar-refractivity contribution in [3.63, 3.8) is 0 Å². The maximum atomic E-state index is 9.88. The summed E-state index contributed by atoms with van der Waals surface area (Å²) >= 11 is 0. The van der Waals surface area contributed by atoms with Crippen molar-refractivity contribution in [2.45, 2.75) is 6.29 Å². The van der Waals surface area contributed by atoms with Gasteiger partial charge in [-0.2, -0.15) is 0 Å². The Morgan fingerprint density at radius 2 is 1.81 bits per heavy atom. The molecule has 3 N–H and O–H groups in total. The monoisotopic (exact) mass is 283 g/mol. The predicted octanol–water partition coefficient (Wildman–Crippen LogP) is 1.98. The molecule has 0 unspecified atom stereocenters. The molecule has 1 heterocycles. The average Bonchev–Trinajstić information content (AvgIpc) is 2.88. The lowest BCUT2D eigenvalue weighted by Crippen LogP contribution is -2.29. The molecule has 1 aliphatic rings. The second-order valence-electron chi connectivity index (χ2n) is 4.39. The molecule has 1 aromatic rings. The van der Waals surface area contributed by atoms with Gasteiger partial charge < -0.3 is 19.7 Å². The zero-order valence-corrected chi connectivity index (χ0v) is 11.5. The normalized spacial score (nSPS) is 14.5. The molecule has 106 valence electrons. The summed E-state index contributed by atoms with van der Waals surface area (Å²) in [6.07, 6.45) is -0.689. The summed E-state index contributed by atoms with van der Waals surface area (Å²) in [7, 11) is 3.73. The van der Waals surface area contributed by atoms with E-state index in [2.05, 4.69) is 30.6 Å².